The molecule has 308 valence electrons. The molecule has 1 amide bonds. The standard InChI is InChI=1S/C27H25N3O6S.C18H18N2O3/c1-16-11-18(36-24-9-10-28-22-15-26(35-4)25(34-3)14-20(22)24)5-7-21(16)29-37(32,33)19-6-8-23-17(12-19)13-27(31)30(23)2;1-11-8-12(4-5-14(11)19)23-16-6-7-20-15-10-18(22-3)17(21-2)9-13(15)16/h5-12,14-15,29H,13H2,1-4H3;4-10H,19H2,1-3H3. The molecule has 15 heteroatoms. The monoisotopic (exact) mass is 829 g/mol. The van der Waals surface area contributed by atoms with Crippen molar-refractivity contribution in [1.82, 2.24) is 9.97 Å². The molecule has 1 aliphatic rings. The zero-order valence-electron chi connectivity index (χ0n) is 34.0. The van der Waals surface area contributed by atoms with Crippen molar-refractivity contribution in [3.8, 4) is 46.0 Å². The van der Waals surface area contributed by atoms with Gasteiger partial charge in [-0.3, -0.25) is 19.5 Å². The number of likely N-dealkylation sites (N-methyl/N-ethyl adjacent to an activating group) is 1. The molecule has 0 spiro atoms. The molecule has 0 atom stereocenters. The van der Waals surface area contributed by atoms with Crippen LogP contribution >= 0.6 is 0 Å². The largest absolute Gasteiger partial charge is 0.493 e. The average molecular weight is 830 g/mol. The molecule has 7 aromatic rings. The summed E-state index contributed by atoms with van der Waals surface area (Å²) < 4.78 is 62.4. The van der Waals surface area contributed by atoms with Crippen molar-refractivity contribution >= 4 is 54.8 Å². The molecule has 3 heterocycles. The molecule has 14 nitrogen and oxygen atoms in total. The number of anilines is 3. The van der Waals surface area contributed by atoms with Crippen LogP contribution in [0.2, 0.25) is 0 Å². The maximum Gasteiger partial charge on any atom is 0.261 e. The lowest BCUT2D eigenvalue weighted by Gasteiger charge is -2.15. The predicted molar refractivity (Wildman–Crippen MR) is 231 cm³/mol. The fourth-order valence-electron chi connectivity index (χ4n) is 6.67. The van der Waals surface area contributed by atoms with Crippen molar-refractivity contribution in [2.45, 2.75) is 25.2 Å². The minimum atomic E-state index is -3.86. The number of methoxy groups -OCH3 is 4. The first kappa shape index (κ1) is 40.9. The van der Waals surface area contributed by atoms with Crippen LogP contribution in [0.5, 0.6) is 46.0 Å². The van der Waals surface area contributed by atoms with E-state index in [9.17, 15) is 13.2 Å². The third kappa shape index (κ3) is 8.33. The fraction of sp³-hybridized carbons (Fsp3) is 0.178. The van der Waals surface area contributed by atoms with Gasteiger partial charge in [0.25, 0.3) is 10.0 Å². The van der Waals surface area contributed by atoms with E-state index >= 15 is 0 Å². The van der Waals surface area contributed by atoms with Gasteiger partial charge in [-0.2, -0.15) is 0 Å². The number of aryl methyl sites for hydroxylation is 2. The lowest BCUT2D eigenvalue weighted by Crippen LogP contribution is -2.20. The van der Waals surface area contributed by atoms with Crippen molar-refractivity contribution in [2.75, 3.05) is 50.8 Å². The Labute approximate surface area is 347 Å². The highest BCUT2D eigenvalue weighted by atomic mass is 32.2. The molecule has 0 fully saturated rings. The molecule has 5 aromatic carbocycles. The molecule has 60 heavy (non-hydrogen) atoms. The maximum absolute atomic E-state index is 13.1. The Morgan fingerprint density at radius 2 is 1.15 bits per heavy atom. The van der Waals surface area contributed by atoms with E-state index in [2.05, 4.69) is 14.7 Å². The van der Waals surface area contributed by atoms with E-state index in [-0.39, 0.29) is 17.2 Å². The lowest BCUT2D eigenvalue weighted by atomic mass is 10.1. The number of benzene rings is 5. The van der Waals surface area contributed by atoms with Gasteiger partial charge in [0.05, 0.1) is 56.5 Å². The molecule has 8 rings (SSSR count). The number of carbonyl (C=O) groups is 1. The number of carbonyl (C=O) groups excluding carboxylic acids is 1. The first-order chi connectivity index (χ1) is 28.8. The maximum atomic E-state index is 13.1. The van der Waals surface area contributed by atoms with Crippen molar-refractivity contribution in [1.29, 1.82) is 0 Å². The van der Waals surface area contributed by atoms with Crippen LogP contribution in [0.3, 0.4) is 0 Å². The van der Waals surface area contributed by atoms with Crippen LogP contribution in [-0.2, 0) is 21.2 Å². The smallest absolute Gasteiger partial charge is 0.261 e. The van der Waals surface area contributed by atoms with Gasteiger partial charge in [-0.15, -0.1) is 0 Å². The number of hydrogen-bond donors (Lipinski definition) is 2. The predicted octanol–water partition coefficient (Wildman–Crippen LogP) is 8.61. The number of fused-ring (bicyclic) bond motifs is 3. The summed E-state index contributed by atoms with van der Waals surface area (Å²) in [6.07, 6.45) is 3.53. The van der Waals surface area contributed by atoms with Gasteiger partial charge in [-0.25, -0.2) is 8.42 Å². The number of nitrogen functional groups attached to an aromatic ring is 1. The molecular formula is C45H43N5O9S. The van der Waals surface area contributed by atoms with Crippen LogP contribution in [0.1, 0.15) is 16.7 Å². The average Bonchev–Trinajstić information content (AvgIpc) is 3.54. The molecule has 0 saturated heterocycles. The van der Waals surface area contributed by atoms with E-state index in [1.165, 1.54) is 11.0 Å². The molecule has 0 unspecified atom stereocenters. The minimum Gasteiger partial charge on any atom is -0.493 e. The van der Waals surface area contributed by atoms with Gasteiger partial charge in [0.15, 0.2) is 23.0 Å². The number of ether oxygens (including phenoxy) is 6. The van der Waals surface area contributed by atoms with Crippen LogP contribution in [0.15, 0.2) is 108 Å². The zero-order valence-corrected chi connectivity index (χ0v) is 34.8. The Kier molecular flexibility index (Phi) is 11.5. The second-order valence-corrected chi connectivity index (χ2v) is 15.5. The summed E-state index contributed by atoms with van der Waals surface area (Å²) >= 11 is 0. The third-order valence-corrected chi connectivity index (χ3v) is 11.4. The van der Waals surface area contributed by atoms with Gasteiger partial charge >= 0.3 is 0 Å². The zero-order chi connectivity index (χ0) is 42.7. The van der Waals surface area contributed by atoms with Crippen molar-refractivity contribution in [3.05, 3.63) is 120 Å². The molecular weight excluding hydrogens is 787 g/mol. The van der Waals surface area contributed by atoms with Crippen LogP contribution in [-0.4, -0.2) is 59.8 Å². The fourth-order valence-corrected chi connectivity index (χ4v) is 7.85. The number of pyridine rings is 2. The Morgan fingerprint density at radius 3 is 1.67 bits per heavy atom. The summed E-state index contributed by atoms with van der Waals surface area (Å²) in [5, 5.41) is 1.59. The Balaban J connectivity index is 0.000000203. The van der Waals surface area contributed by atoms with Gasteiger partial charge in [0.2, 0.25) is 5.91 Å². The summed E-state index contributed by atoms with van der Waals surface area (Å²) in [6, 6.07) is 26.2. The number of hydrogen-bond acceptors (Lipinski definition) is 12. The van der Waals surface area contributed by atoms with Crippen LogP contribution in [0, 0.1) is 13.8 Å². The van der Waals surface area contributed by atoms with Crippen molar-refractivity contribution < 1.29 is 41.6 Å². The number of amides is 1. The Hall–Kier alpha value is -7.26. The quantitative estimate of drug-likeness (QED) is 0.119. The summed E-state index contributed by atoms with van der Waals surface area (Å²) in [5.41, 5.74) is 11.5. The van der Waals surface area contributed by atoms with Crippen molar-refractivity contribution in [2.24, 2.45) is 0 Å². The van der Waals surface area contributed by atoms with E-state index in [1.807, 2.05) is 43.3 Å². The van der Waals surface area contributed by atoms with E-state index < -0.39 is 10.0 Å². The van der Waals surface area contributed by atoms with Crippen LogP contribution in [0.25, 0.3) is 21.8 Å². The van der Waals surface area contributed by atoms with Gasteiger partial charge < -0.3 is 39.1 Å². The Morgan fingerprint density at radius 1 is 0.633 bits per heavy atom. The van der Waals surface area contributed by atoms with Gasteiger partial charge in [-0.1, -0.05) is 0 Å². The molecule has 3 N–H and O–H groups in total. The number of nitrogens with one attached hydrogen (secondary N) is 1. The third-order valence-electron chi connectivity index (χ3n) is 9.99. The summed E-state index contributed by atoms with van der Waals surface area (Å²) in [6.45, 7) is 3.74. The summed E-state index contributed by atoms with van der Waals surface area (Å²) in [7, 11) is 4.14. The molecule has 1 aliphatic heterocycles. The Bertz CT molecular complexity index is 2890. The first-order valence-electron chi connectivity index (χ1n) is 18.6. The number of nitrogens with zero attached hydrogens (tertiary/aromatic N) is 3. The second-order valence-electron chi connectivity index (χ2n) is 13.8. The number of sulfonamides is 1. The highest BCUT2D eigenvalue weighted by Gasteiger charge is 2.26. The summed E-state index contributed by atoms with van der Waals surface area (Å²) in [5.74, 6) is 4.82. The topological polar surface area (TPSA) is 174 Å². The number of rotatable bonds is 11. The van der Waals surface area contributed by atoms with E-state index in [0.29, 0.717) is 62.6 Å². The number of nitrogens with two attached hydrogens (primary N) is 1. The molecule has 0 radical (unpaired) electrons. The highest BCUT2D eigenvalue weighted by molar-refractivity contribution is 7.92. The van der Waals surface area contributed by atoms with Gasteiger partial charge in [-0.05, 0) is 109 Å². The van der Waals surface area contributed by atoms with E-state index in [4.69, 9.17) is 34.2 Å². The number of aromatic nitrogens is 2. The van der Waals surface area contributed by atoms with Gasteiger partial charge in [0, 0.05) is 53.7 Å². The molecule has 0 saturated carbocycles. The molecule has 2 aromatic heterocycles. The second kappa shape index (κ2) is 16.9. The van der Waals surface area contributed by atoms with E-state index in [1.54, 1.807) is 103 Å². The molecule has 0 aliphatic carbocycles. The van der Waals surface area contributed by atoms with Crippen LogP contribution < -0.4 is 43.8 Å². The van der Waals surface area contributed by atoms with E-state index in [0.717, 1.165) is 39.0 Å². The summed E-state index contributed by atoms with van der Waals surface area (Å²) in [4.78, 5) is 22.3. The SMILES string of the molecule is COc1cc2nccc(Oc3ccc(N)c(C)c3)c2cc1OC.COc1cc2nccc(Oc3ccc(NS(=O)(=O)c4ccc5c(c4)CC(=O)N5C)c(C)c3)c2cc1OC. The van der Waals surface area contributed by atoms with Gasteiger partial charge in [0.1, 0.15) is 23.0 Å². The molecule has 0 bridgehead atoms. The lowest BCUT2D eigenvalue weighted by molar-refractivity contribution is -0.117. The highest BCUT2D eigenvalue weighted by Crippen LogP contribution is 2.39. The van der Waals surface area contributed by atoms with Crippen LogP contribution in [0.4, 0.5) is 17.1 Å². The van der Waals surface area contributed by atoms with Crippen molar-refractivity contribution in [3.63, 3.8) is 0 Å². The normalized spacial score (nSPS) is 12.1. The first-order valence-corrected chi connectivity index (χ1v) is 20.1. The minimum absolute atomic E-state index is 0.0662.